The van der Waals surface area contributed by atoms with Crippen molar-refractivity contribution in [1.29, 1.82) is 0 Å². The molecule has 0 unspecified atom stereocenters. The number of aromatic nitrogens is 3. The molecule has 0 saturated carbocycles. The lowest BCUT2D eigenvalue weighted by molar-refractivity contribution is 0.103. The molecule has 0 fully saturated rings. The van der Waals surface area contributed by atoms with Crippen LogP contribution < -0.4 is 0 Å². The molecule has 88 valence electrons. The Labute approximate surface area is 104 Å². The average Bonchev–Trinajstić information content (AvgIpc) is 2.83. The zero-order valence-corrected chi connectivity index (χ0v) is 9.87. The van der Waals surface area contributed by atoms with Gasteiger partial charge in [0, 0.05) is 30.4 Å². The first-order valence-corrected chi connectivity index (χ1v) is 5.63. The zero-order chi connectivity index (χ0) is 12.5. The summed E-state index contributed by atoms with van der Waals surface area (Å²) < 4.78 is 1.58. The van der Waals surface area contributed by atoms with Crippen LogP contribution in [0.15, 0.2) is 48.8 Å². The Hall–Kier alpha value is -2.49. The summed E-state index contributed by atoms with van der Waals surface area (Å²) in [6, 6.07) is 11.0. The predicted octanol–water partition coefficient (Wildman–Crippen LogP) is 2.20. The molecule has 0 atom stereocenters. The normalized spacial score (nSPS) is 10.7. The van der Waals surface area contributed by atoms with Gasteiger partial charge < -0.3 is 0 Å². The third-order valence-electron chi connectivity index (χ3n) is 2.92. The van der Waals surface area contributed by atoms with Gasteiger partial charge in [-0.05, 0) is 30.3 Å². The standard InChI is InChI=1S/C14H11N3O/c1-17-13(6-8-16-17)14(18)11-4-5-12-10(9-11)3-2-7-15-12/h2-9H,1H3. The van der Waals surface area contributed by atoms with E-state index in [4.69, 9.17) is 0 Å². The second-order valence-corrected chi connectivity index (χ2v) is 4.08. The minimum Gasteiger partial charge on any atom is -0.287 e. The van der Waals surface area contributed by atoms with Crippen molar-refractivity contribution in [2.24, 2.45) is 7.05 Å². The number of hydrogen-bond acceptors (Lipinski definition) is 3. The van der Waals surface area contributed by atoms with Crippen LogP contribution in [-0.4, -0.2) is 20.5 Å². The fourth-order valence-electron chi connectivity index (χ4n) is 1.96. The van der Waals surface area contributed by atoms with Crippen LogP contribution in [0.2, 0.25) is 0 Å². The first-order chi connectivity index (χ1) is 8.75. The van der Waals surface area contributed by atoms with E-state index in [-0.39, 0.29) is 5.78 Å². The van der Waals surface area contributed by atoms with Crippen molar-refractivity contribution in [3.05, 3.63) is 60.0 Å². The van der Waals surface area contributed by atoms with Crippen molar-refractivity contribution in [3.63, 3.8) is 0 Å². The van der Waals surface area contributed by atoms with Crippen LogP contribution in [0.1, 0.15) is 16.1 Å². The molecule has 0 saturated heterocycles. The highest BCUT2D eigenvalue weighted by Gasteiger charge is 2.12. The van der Waals surface area contributed by atoms with Crippen LogP contribution in [0.25, 0.3) is 10.9 Å². The molecule has 0 bridgehead atoms. The van der Waals surface area contributed by atoms with E-state index in [2.05, 4.69) is 10.1 Å². The lowest BCUT2D eigenvalue weighted by atomic mass is 10.1. The van der Waals surface area contributed by atoms with E-state index in [9.17, 15) is 4.79 Å². The highest BCUT2D eigenvalue weighted by molar-refractivity contribution is 6.09. The Morgan fingerprint density at radius 3 is 2.83 bits per heavy atom. The van der Waals surface area contributed by atoms with E-state index >= 15 is 0 Å². The van der Waals surface area contributed by atoms with Crippen LogP contribution in [0.5, 0.6) is 0 Å². The summed E-state index contributed by atoms with van der Waals surface area (Å²) in [4.78, 5) is 16.5. The van der Waals surface area contributed by atoms with Crippen LogP contribution in [0, 0.1) is 0 Å². The molecular weight excluding hydrogens is 226 g/mol. The molecule has 0 aliphatic heterocycles. The smallest absolute Gasteiger partial charge is 0.211 e. The number of carbonyl (C=O) groups is 1. The van der Waals surface area contributed by atoms with E-state index in [0.29, 0.717) is 11.3 Å². The SMILES string of the molecule is Cn1nccc1C(=O)c1ccc2ncccc2c1. The van der Waals surface area contributed by atoms with Gasteiger partial charge in [0.25, 0.3) is 0 Å². The van der Waals surface area contributed by atoms with Gasteiger partial charge in [-0.2, -0.15) is 5.10 Å². The van der Waals surface area contributed by atoms with E-state index in [1.165, 1.54) is 0 Å². The monoisotopic (exact) mass is 237 g/mol. The summed E-state index contributed by atoms with van der Waals surface area (Å²) in [5.74, 6) is -0.0271. The van der Waals surface area contributed by atoms with E-state index in [1.54, 1.807) is 36.3 Å². The number of nitrogens with zero attached hydrogens (tertiary/aromatic N) is 3. The first kappa shape index (κ1) is 10.7. The summed E-state index contributed by atoms with van der Waals surface area (Å²) >= 11 is 0. The quantitative estimate of drug-likeness (QED) is 0.642. The fraction of sp³-hybridized carbons (Fsp3) is 0.0714. The Morgan fingerprint density at radius 1 is 1.17 bits per heavy atom. The Balaban J connectivity index is 2.10. The number of hydrogen-bond donors (Lipinski definition) is 0. The van der Waals surface area contributed by atoms with Crippen molar-refractivity contribution in [3.8, 4) is 0 Å². The lowest BCUT2D eigenvalue weighted by Crippen LogP contribution is -2.08. The highest BCUT2D eigenvalue weighted by Crippen LogP contribution is 2.16. The Bertz CT molecular complexity index is 730. The summed E-state index contributed by atoms with van der Waals surface area (Å²) in [6.07, 6.45) is 3.36. The Morgan fingerprint density at radius 2 is 2.06 bits per heavy atom. The molecule has 0 spiro atoms. The average molecular weight is 237 g/mol. The molecule has 4 heteroatoms. The van der Waals surface area contributed by atoms with Gasteiger partial charge in [-0.3, -0.25) is 14.5 Å². The molecule has 0 aliphatic rings. The molecule has 0 N–H and O–H groups in total. The number of carbonyl (C=O) groups excluding carboxylic acids is 1. The van der Waals surface area contributed by atoms with E-state index < -0.39 is 0 Å². The second-order valence-electron chi connectivity index (χ2n) is 4.08. The molecule has 1 aromatic carbocycles. The summed E-state index contributed by atoms with van der Waals surface area (Å²) in [6.45, 7) is 0. The van der Waals surface area contributed by atoms with Crippen molar-refractivity contribution >= 4 is 16.7 Å². The van der Waals surface area contributed by atoms with Gasteiger partial charge in [0.2, 0.25) is 5.78 Å². The molecule has 3 aromatic rings. The molecular formula is C14H11N3O. The third kappa shape index (κ3) is 1.68. The van der Waals surface area contributed by atoms with Crippen molar-refractivity contribution in [1.82, 2.24) is 14.8 Å². The first-order valence-electron chi connectivity index (χ1n) is 5.63. The Kier molecular flexibility index (Phi) is 2.41. The van der Waals surface area contributed by atoms with Gasteiger partial charge in [0.15, 0.2) is 0 Å². The van der Waals surface area contributed by atoms with Crippen LogP contribution in [0.3, 0.4) is 0 Å². The van der Waals surface area contributed by atoms with Crippen molar-refractivity contribution in [2.45, 2.75) is 0 Å². The largest absolute Gasteiger partial charge is 0.287 e. The van der Waals surface area contributed by atoms with Gasteiger partial charge in [-0.1, -0.05) is 6.07 Å². The maximum absolute atomic E-state index is 12.3. The topological polar surface area (TPSA) is 47.8 Å². The maximum Gasteiger partial charge on any atom is 0.211 e. The molecule has 0 aliphatic carbocycles. The summed E-state index contributed by atoms with van der Waals surface area (Å²) in [5.41, 5.74) is 2.12. The molecule has 0 amide bonds. The van der Waals surface area contributed by atoms with E-state index in [1.807, 2.05) is 24.3 Å². The zero-order valence-electron chi connectivity index (χ0n) is 9.87. The second kappa shape index (κ2) is 4.07. The van der Waals surface area contributed by atoms with Crippen molar-refractivity contribution in [2.75, 3.05) is 0 Å². The third-order valence-corrected chi connectivity index (χ3v) is 2.92. The van der Waals surface area contributed by atoms with Crippen LogP contribution in [0.4, 0.5) is 0 Å². The van der Waals surface area contributed by atoms with E-state index in [0.717, 1.165) is 10.9 Å². The van der Waals surface area contributed by atoms with Gasteiger partial charge in [-0.25, -0.2) is 0 Å². The molecule has 2 heterocycles. The number of benzene rings is 1. The number of fused-ring (bicyclic) bond motifs is 1. The number of aryl methyl sites for hydroxylation is 1. The number of pyridine rings is 1. The van der Waals surface area contributed by atoms with Gasteiger partial charge >= 0.3 is 0 Å². The number of ketones is 1. The molecule has 18 heavy (non-hydrogen) atoms. The summed E-state index contributed by atoms with van der Waals surface area (Å²) in [7, 11) is 1.76. The minimum absolute atomic E-state index is 0.0271. The molecule has 2 aromatic heterocycles. The molecule has 0 radical (unpaired) electrons. The molecule has 4 nitrogen and oxygen atoms in total. The summed E-state index contributed by atoms with van der Waals surface area (Å²) in [5, 5.41) is 4.97. The number of rotatable bonds is 2. The van der Waals surface area contributed by atoms with Crippen LogP contribution in [-0.2, 0) is 7.05 Å². The van der Waals surface area contributed by atoms with Gasteiger partial charge in [-0.15, -0.1) is 0 Å². The minimum atomic E-state index is -0.0271. The fourth-order valence-corrected chi connectivity index (χ4v) is 1.96. The van der Waals surface area contributed by atoms with Gasteiger partial charge in [0.1, 0.15) is 5.69 Å². The van der Waals surface area contributed by atoms with Crippen molar-refractivity contribution < 1.29 is 4.79 Å². The maximum atomic E-state index is 12.3. The van der Waals surface area contributed by atoms with Gasteiger partial charge in [0.05, 0.1) is 5.52 Å². The molecule has 3 rings (SSSR count). The van der Waals surface area contributed by atoms with Crippen LogP contribution >= 0.6 is 0 Å². The lowest BCUT2D eigenvalue weighted by Gasteiger charge is -2.03. The predicted molar refractivity (Wildman–Crippen MR) is 68.4 cm³/mol. The highest BCUT2D eigenvalue weighted by atomic mass is 16.1.